The van der Waals surface area contributed by atoms with Crippen molar-refractivity contribution in [3.05, 3.63) is 16.3 Å². The summed E-state index contributed by atoms with van der Waals surface area (Å²) in [6.07, 6.45) is 0.993. The zero-order valence-electron chi connectivity index (χ0n) is 14.7. The van der Waals surface area contributed by atoms with Crippen LogP contribution in [0.2, 0.25) is 0 Å². The molecule has 0 spiro atoms. The Bertz CT molecular complexity index is 622. The van der Waals surface area contributed by atoms with Crippen LogP contribution in [0.5, 0.6) is 5.75 Å². The van der Waals surface area contributed by atoms with Crippen molar-refractivity contribution in [1.82, 2.24) is 14.7 Å². The van der Waals surface area contributed by atoms with Gasteiger partial charge in [0.05, 0.1) is 6.61 Å². The number of carbonyl (C=O) groups is 1. The van der Waals surface area contributed by atoms with Gasteiger partial charge < -0.3 is 24.5 Å². The van der Waals surface area contributed by atoms with Gasteiger partial charge in [-0.05, 0) is 31.6 Å². The van der Waals surface area contributed by atoms with E-state index in [1.807, 2.05) is 27.7 Å². The fourth-order valence-electron chi connectivity index (χ4n) is 2.64. The zero-order valence-corrected chi connectivity index (χ0v) is 14.7. The monoisotopic (exact) mass is 340 g/mol. The average molecular weight is 340 g/mol. The molecule has 0 saturated carbocycles. The summed E-state index contributed by atoms with van der Waals surface area (Å²) < 4.78 is 12.1. The van der Waals surface area contributed by atoms with Gasteiger partial charge in [0.15, 0.2) is 0 Å². The van der Waals surface area contributed by atoms with Crippen LogP contribution in [0.15, 0.2) is 6.20 Å². The minimum absolute atomic E-state index is 0.0809. The first-order chi connectivity index (χ1) is 11.1. The van der Waals surface area contributed by atoms with E-state index in [4.69, 9.17) is 9.47 Å². The summed E-state index contributed by atoms with van der Waals surface area (Å²) in [5.74, 6) is 0.264. The molecular formula is C15H24N4O5. The number of aryl methyl sites for hydroxylation is 1. The number of rotatable bonds is 4. The van der Waals surface area contributed by atoms with E-state index in [-0.39, 0.29) is 36.1 Å². The van der Waals surface area contributed by atoms with Gasteiger partial charge in [-0.1, -0.05) is 12.0 Å². The maximum absolute atomic E-state index is 12.1. The maximum Gasteiger partial charge on any atom is 0.410 e. The van der Waals surface area contributed by atoms with E-state index in [1.165, 1.54) is 17.9 Å². The molecular weight excluding hydrogens is 316 g/mol. The number of nitro groups is 1. The van der Waals surface area contributed by atoms with Gasteiger partial charge in [-0.2, -0.15) is 0 Å². The fourth-order valence-corrected chi connectivity index (χ4v) is 2.64. The number of carbonyl (C=O) groups excluding carboxylic acids is 1. The van der Waals surface area contributed by atoms with E-state index < -0.39 is 10.5 Å². The molecule has 1 aromatic rings. The van der Waals surface area contributed by atoms with Crippen molar-refractivity contribution in [2.45, 2.75) is 33.3 Å². The van der Waals surface area contributed by atoms with Gasteiger partial charge in [0, 0.05) is 19.0 Å². The molecule has 9 nitrogen and oxygen atoms in total. The SMILES string of the molecule is C[C@@H]1CN(C(=O)OC(C)(C)C)C[C@H]1COc1cnn(C)c1[N+](=O)[O-]. The Hall–Kier alpha value is -2.32. The van der Waals surface area contributed by atoms with Crippen LogP contribution in [-0.4, -0.2) is 51.0 Å². The van der Waals surface area contributed by atoms with Crippen LogP contribution in [-0.2, 0) is 11.8 Å². The molecule has 0 aliphatic carbocycles. The van der Waals surface area contributed by atoms with Gasteiger partial charge in [-0.25, -0.2) is 4.79 Å². The second-order valence-electron chi connectivity index (χ2n) is 7.15. The summed E-state index contributed by atoms with van der Waals surface area (Å²) in [4.78, 5) is 24.3. The third-order valence-electron chi connectivity index (χ3n) is 3.92. The lowest BCUT2D eigenvalue weighted by atomic mass is 9.99. The largest absolute Gasteiger partial charge is 0.484 e. The minimum atomic E-state index is -0.536. The van der Waals surface area contributed by atoms with Gasteiger partial charge in [0.25, 0.3) is 0 Å². The number of ether oxygens (including phenoxy) is 2. The van der Waals surface area contributed by atoms with Crippen LogP contribution in [0.3, 0.4) is 0 Å². The molecule has 1 aromatic heterocycles. The number of amides is 1. The van der Waals surface area contributed by atoms with Crippen molar-refractivity contribution in [2.75, 3.05) is 19.7 Å². The number of aromatic nitrogens is 2. The molecule has 134 valence electrons. The molecule has 0 N–H and O–H groups in total. The summed E-state index contributed by atoms with van der Waals surface area (Å²) in [7, 11) is 1.49. The molecule has 0 unspecified atom stereocenters. The summed E-state index contributed by atoms with van der Waals surface area (Å²) in [5.41, 5.74) is -0.536. The summed E-state index contributed by atoms with van der Waals surface area (Å²) in [6.45, 7) is 8.87. The average Bonchev–Trinajstić information content (AvgIpc) is 2.98. The van der Waals surface area contributed by atoms with E-state index in [2.05, 4.69) is 5.10 Å². The van der Waals surface area contributed by atoms with Gasteiger partial charge in [0.2, 0.25) is 5.75 Å². The molecule has 2 atom stereocenters. The molecule has 1 aliphatic rings. The molecule has 2 heterocycles. The molecule has 9 heteroatoms. The van der Waals surface area contributed by atoms with Crippen molar-refractivity contribution >= 4 is 11.9 Å². The van der Waals surface area contributed by atoms with Crippen molar-refractivity contribution in [1.29, 1.82) is 0 Å². The molecule has 0 bridgehead atoms. The molecule has 1 fully saturated rings. The first-order valence-corrected chi connectivity index (χ1v) is 7.85. The number of nitrogens with zero attached hydrogens (tertiary/aromatic N) is 4. The molecule has 0 aromatic carbocycles. The third-order valence-corrected chi connectivity index (χ3v) is 3.92. The zero-order chi connectivity index (χ0) is 18.1. The van der Waals surface area contributed by atoms with Crippen LogP contribution in [0.1, 0.15) is 27.7 Å². The van der Waals surface area contributed by atoms with Crippen molar-refractivity contribution in [2.24, 2.45) is 18.9 Å². The quantitative estimate of drug-likeness (QED) is 0.615. The molecule has 1 amide bonds. The normalized spacial score (nSPS) is 21.0. The predicted octanol–water partition coefficient (Wildman–Crippen LogP) is 2.21. The molecule has 24 heavy (non-hydrogen) atoms. The highest BCUT2D eigenvalue weighted by molar-refractivity contribution is 5.68. The summed E-state index contributed by atoms with van der Waals surface area (Å²) in [5, 5.41) is 14.9. The first kappa shape index (κ1) is 18.0. The van der Waals surface area contributed by atoms with Gasteiger partial charge >= 0.3 is 11.9 Å². The highest BCUT2D eigenvalue weighted by Crippen LogP contribution is 2.29. The molecule has 1 saturated heterocycles. The Labute approximate surface area is 140 Å². The van der Waals surface area contributed by atoms with Crippen LogP contribution >= 0.6 is 0 Å². The highest BCUT2D eigenvalue weighted by atomic mass is 16.6. The van der Waals surface area contributed by atoms with Gasteiger partial charge in [-0.3, -0.25) is 0 Å². The molecule has 1 aliphatic heterocycles. The van der Waals surface area contributed by atoms with E-state index in [9.17, 15) is 14.9 Å². The van der Waals surface area contributed by atoms with Crippen molar-refractivity contribution in [3.8, 4) is 5.75 Å². The van der Waals surface area contributed by atoms with Crippen LogP contribution in [0.25, 0.3) is 0 Å². The smallest absolute Gasteiger partial charge is 0.410 e. The topological polar surface area (TPSA) is 99.7 Å². The Morgan fingerprint density at radius 1 is 1.46 bits per heavy atom. The predicted molar refractivity (Wildman–Crippen MR) is 85.8 cm³/mol. The third kappa shape index (κ3) is 4.15. The standard InChI is InChI=1S/C15H24N4O5/c1-10-7-18(14(20)24-15(2,3)4)8-11(10)9-23-12-6-16-17(5)13(12)19(21)22/h6,10-11H,7-9H2,1-5H3/t10-,11+/m1/s1. The Morgan fingerprint density at radius 2 is 2.12 bits per heavy atom. The molecule has 2 rings (SSSR count). The fraction of sp³-hybridized carbons (Fsp3) is 0.733. The maximum atomic E-state index is 12.1. The Morgan fingerprint density at radius 3 is 2.71 bits per heavy atom. The van der Waals surface area contributed by atoms with Crippen molar-refractivity contribution < 1.29 is 19.2 Å². The van der Waals surface area contributed by atoms with E-state index in [0.717, 1.165) is 0 Å². The second kappa shape index (κ2) is 6.66. The van der Waals surface area contributed by atoms with E-state index >= 15 is 0 Å². The van der Waals surface area contributed by atoms with Crippen LogP contribution in [0, 0.1) is 22.0 Å². The van der Waals surface area contributed by atoms with Gasteiger partial charge in [-0.15, -0.1) is 4.68 Å². The highest BCUT2D eigenvalue weighted by Gasteiger charge is 2.35. The number of likely N-dealkylation sites (tertiary alicyclic amines) is 1. The van der Waals surface area contributed by atoms with E-state index in [0.29, 0.717) is 13.1 Å². The lowest BCUT2D eigenvalue weighted by Gasteiger charge is -2.24. The minimum Gasteiger partial charge on any atom is -0.484 e. The lowest BCUT2D eigenvalue weighted by molar-refractivity contribution is -0.393. The van der Waals surface area contributed by atoms with Gasteiger partial charge in [0.1, 0.15) is 18.8 Å². The van der Waals surface area contributed by atoms with Crippen molar-refractivity contribution in [3.63, 3.8) is 0 Å². The van der Waals surface area contributed by atoms with E-state index in [1.54, 1.807) is 4.90 Å². The van der Waals surface area contributed by atoms with Crippen LogP contribution in [0.4, 0.5) is 10.6 Å². The number of hydrogen-bond donors (Lipinski definition) is 0. The Balaban J connectivity index is 1.95. The summed E-state index contributed by atoms with van der Waals surface area (Å²) in [6, 6.07) is 0. The number of hydrogen-bond acceptors (Lipinski definition) is 6. The lowest BCUT2D eigenvalue weighted by Crippen LogP contribution is -2.35. The second-order valence-corrected chi connectivity index (χ2v) is 7.15. The molecule has 0 radical (unpaired) electrons. The first-order valence-electron chi connectivity index (χ1n) is 7.85. The Kier molecular flexibility index (Phi) is 5.00. The summed E-state index contributed by atoms with van der Waals surface area (Å²) >= 11 is 0. The van der Waals surface area contributed by atoms with Crippen LogP contribution < -0.4 is 4.74 Å².